The average Bonchev–Trinajstić information content (AvgIpc) is 3.27. The molecule has 0 radical (unpaired) electrons. The molecule has 1 fully saturated rings. The van der Waals surface area contributed by atoms with Crippen LogP contribution in [0, 0.1) is 0 Å². The Balaban J connectivity index is 1.86. The number of thioether (sulfide) groups is 1. The van der Waals surface area contributed by atoms with Crippen molar-refractivity contribution in [3.05, 3.63) is 34.3 Å². The second kappa shape index (κ2) is 10.1. The van der Waals surface area contributed by atoms with Gasteiger partial charge in [-0.25, -0.2) is 8.42 Å². The third kappa shape index (κ3) is 6.34. The summed E-state index contributed by atoms with van der Waals surface area (Å²) in [5.41, 5.74) is -1.74. The van der Waals surface area contributed by atoms with Crippen LogP contribution in [0.3, 0.4) is 0 Å². The van der Waals surface area contributed by atoms with E-state index in [2.05, 4.69) is 32.9 Å². The van der Waals surface area contributed by atoms with Gasteiger partial charge in [0.25, 0.3) is 10.0 Å². The maximum atomic E-state index is 13.5. The molecular weight excluding hydrogens is 549 g/mol. The molecule has 0 bridgehead atoms. The fraction of sp³-hybridized carbons (Fsp3) is 0.500. The van der Waals surface area contributed by atoms with Crippen LogP contribution in [0.25, 0.3) is 0 Å². The Kier molecular flexibility index (Phi) is 8.12. The van der Waals surface area contributed by atoms with Gasteiger partial charge in [-0.1, -0.05) is 13.3 Å². The number of hydrogen-bond donors (Lipinski definition) is 2. The van der Waals surface area contributed by atoms with E-state index in [0.29, 0.717) is 24.0 Å². The van der Waals surface area contributed by atoms with E-state index >= 15 is 0 Å². The van der Waals surface area contributed by atoms with Gasteiger partial charge in [-0.05, 0) is 59.8 Å². The molecule has 1 atom stereocenters. The molecule has 32 heavy (non-hydrogen) atoms. The first-order valence-corrected chi connectivity index (χ1v) is 14.1. The number of thiophene rings is 1. The fourth-order valence-electron chi connectivity index (χ4n) is 3.13. The molecule has 2 N–H and O–H groups in total. The molecule has 0 spiro atoms. The van der Waals surface area contributed by atoms with E-state index in [1.807, 2.05) is 0 Å². The van der Waals surface area contributed by atoms with Gasteiger partial charge in [-0.15, -0.1) is 23.1 Å². The molecule has 0 amide bonds. The molecule has 1 aliphatic rings. The number of halogens is 4. The first-order valence-electron chi connectivity index (χ1n) is 9.99. The van der Waals surface area contributed by atoms with Gasteiger partial charge in [0.05, 0.1) is 15.5 Å². The van der Waals surface area contributed by atoms with Crippen molar-refractivity contribution in [2.45, 2.75) is 53.3 Å². The van der Waals surface area contributed by atoms with E-state index in [4.69, 9.17) is 4.74 Å². The number of benzene rings is 1. The SMILES string of the molecule is CCCCSc1sc(S(=O)(=O)Nc2ccc(C(F)(F)F)c(O[C@]3(C)CCNC3)c2)cc1Br. The van der Waals surface area contributed by atoms with Gasteiger partial charge >= 0.3 is 6.18 Å². The van der Waals surface area contributed by atoms with E-state index in [-0.39, 0.29) is 9.90 Å². The number of rotatable bonds is 9. The topological polar surface area (TPSA) is 67.4 Å². The van der Waals surface area contributed by atoms with Crippen molar-refractivity contribution in [1.29, 1.82) is 0 Å². The highest BCUT2D eigenvalue weighted by atomic mass is 79.9. The van der Waals surface area contributed by atoms with E-state index in [1.165, 1.54) is 6.07 Å². The molecular formula is C20H24BrF3N2O3S3. The highest BCUT2D eigenvalue weighted by molar-refractivity contribution is 9.10. The summed E-state index contributed by atoms with van der Waals surface area (Å²) in [6, 6.07) is 4.55. The molecule has 12 heteroatoms. The number of sulfonamides is 1. The summed E-state index contributed by atoms with van der Waals surface area (Å²) in [7, 11) is -3.98. The second-order valence-corrected chi connectivity index (χ2v) is 12.9. The summed E-state index contributed by atoms with van der Waals surface area (Å²) in [5.74, 6) is 0.475. The Hall–Kier alpha value is -0.950. The summed E-state index contributed by atoms with van der Waals surface area (Å²) >= 11 is 6.08. The highest BCUT2D eigenvalue weighted by Crippen LogP contribution is 2.41. The Morgan fingerprint density at radius 2 is 2.09 bits per heavy atom. The van der Waals surface area contributed by atoms with Crippen LogP contribution in [-0.2, 0) is 16.2 Å². The van der Waals surface area contributed by atoms with Gasteiger partial charge in [-0.2, -0.15) is 13.2 Å². The molecule has 2 heterocycles. The minimum atomic E-state index is -4.63. The largest absolute Gasteiger partial charge is 0.485 e. The minimum Gasteiger partial charge on any atom is -0.485 e. The van der Waals surface area contributed by atoms with Crippen LogP contribution in [0.4, 0.5) is 18.9 Å². The summed E-state index contributed by atoms with van der Waals surface area (Å²) in [6.45, 7) is 4.85. The zero-order chi connectivity index (χ0) is 23.6. The molecule has 2 aromatic rings. The molecule has 1 saturated heterocycles. The molecule has 1 aromatic heterocycles. The van der Waals surface area contributed by atoms with E-state index in [9.17, 15) is 21.6 Å². The highest BCUT2D eigenvalue weighted by Gasteiger charge is 2.38. The summed E-state index contributed by atoms with van der Waals surface area (Å²) < 4.78 is 76.1. The Morgan fingerprint density at radius 3 is 2.72 bits per heavy atom. The average molecular weight is 574 g/mol. The normalized spacial score (nSPS) is 19.3. The smallest absolute Gasteiger partial charge is 0.419 e. The zero-order valence-electron chi connectivity index (χ0n) is 17.5. The standard InChI is InChI=1S/C20H24BrF3N2O3S3/c1-3-4-9-30-18-15(21)11-17(31-18)32(27,28)26-13-5-6-14(20(22,23)24)16(10-13)29-19(2)7-8-25-12-19/h5-6,10-11,25-26H,3-4,7-9,12H2,1-2H3/t19-/m1/s1. The number of ether oxygens (including phenoxy) is 1. The fourth-order valence-corrected chi connectivity index (χ4v) is 8.12. The zero-order valence-corrected chi connectivity index (χ0v) is 21.5. The third-order valence-corrected chi connectivity index (χ3v) is 10.4. The number of anilines is 1. The molecule has 5 nitrogen and oxygen atoms in total. The van der Waals surface area contributed by atoms with Crippen LogP contribution in [-0.4, -0.2) is 32.9 Å². The van der Waals surface area contributed by atoms with Crippen molar-refractivity contribution in [3.8, 4) is 5.75 Å². The van der Waals surface area contributed by atoms with Crippen LogP contribution in [0.1, 0.15) is 38.7 Å². The minimum absolute atomic E-state index is 0.00673. The van der Waals surface area contributed by atoms with Crippen LogP contribution in [0.2, 0.25) is 0 Å². The number of alkyl halides is 3. The van der Waals surface area contributed by atoms with Gasteiger partial charge in [0, 0.05) is 23.5 Å². The van der Waals surface area contributed by atoms with Crippen molar-refractivity contribution in [3.63, 3.8) is 0 Å². The first-order chi connectivity index (χ1) is 14.9. The Morgan fingerprint density at radius 1 is 1.34 bits per heavy atom. The molecule has 1 aromatic carbocycles. The van der Waals surface area contributed by atoms with Gasteiger partial charge < -0.3 is 10.1 Å². The monoisotopic (exact) mass is 572 g/mol. The maximum Gasteiger partial charge on any atom is 0.419 e. The molecule has 3 rings (SSSR count). The Bertz CT molecular complexity index is 1050. The van der Waals surface area contributed by atoms with Crippen molar-refractivity contribution in [1.82, 2.24) is 5.32 Å². The molecule has 178 valence electrons. The molecule has 0 unspecified atom stereocenters. The van der Waals surface area contributed by atoms with Gasteiger partial charge in [0.2, 0.25) is 0 Å². The maximum absolute atomic E-state index is 13.5. The number of unbranched alkanes of at least 4 members (excludes halogenated alkanes) is 1. The van der Waals surface area contributed by atoms with Crippen LogP contribution >= 0.6 is 39.0 Å². The van der Waals surface area contributed by atoms with Crippen LogP contribution in [0.15, 0.2) is 37.2 Å². The van der Waals surface area contributed by atoms with Crippen molar-refractivity contribution in [2.24, 2.45) is 0 Å². The van der Waals surface area contributed by atoms with Crippen molar-refractivity contribution < 1.29 is 26.3 Å². The lowest BCUT2D eigenvalue weighted by Gasteiger charge is -2.27. The lowest BCUT2D eigenvalue weighted by atomic mass is 10.1. The first kappa shape index (κ1) is 25.7. The Labute approximate surface area is 202 Å². The van der Waals surface area contributed by atoms with Gasteiger partial charge in [0.15, 0.2) is 0 Å². The lowest BCUT2D eigenvalue weighted by molar-refractivity contribution is -0.139. The van der Waals surface area contributed by atoms with Crippen LogP contribution in [0.5, 0.6) is 5.75 Å². The summed E-state index contributed by atoms with van der Waals surface area (Å²) in [5, 5.41) is 3.07. The quantitative estimate of drug-likeness (QED) is 0.270. The summed E-state index contributed by atoms with van der Waals surface area (Å²) in [4.78, 5) is 0. The van der Waals surface area contributed by atoms with E-state index in [1.54, 1.807) is 18.7 Å². The summed E-state index contributed by atoms with van der Waals surface area (Å²) in [6.07, 6.45) is -2.03. The van der Waals surface area contributed by atoms with Crippen molar-refractivity contribution >= 4 is 54.7 Å². The van der Waals surface area contributed by atoms with E-state index < -0.39 is 33.1 Å². The number of hydrogen-bond acceptors (Lipinski definition) is 6. The molecule has 1 aliphatic heterocycles. The van der Waals surface area contributed by atoms with Crippen LogP contribution < -0.4 is 14.8 Å². The lowest BCUT2D eigenvalue weighted by Crippen LogP contribution is -2.35. The molecule has 0 aliphatic carbocycles. The third-order valence-electron chi connectivity index (χ3n) is 4.85. The van der Waals surface area contributed by atoms with Gasteiger partial charge in [-0.3, -0.25) is 4.72 Å². The molecule has 0 saturated carbocycles. The van der Waals surface area contributed by atoms with Gasteiger partial charge in [0.1, 0.15) is 15.6 Å². The number of nitrogens with one attached hydrogen (secondary N) is 2. The predicted octanol–water partition coefficient (Wildman–Crippen LogP) is 6.35. The van der Waals surface area contributed by atoms with E-state index in [0.717, 1.165) is 52.3 Å². The predicted molar refractivity (Wildman–Crippen MR) is 126 cm³/mol. The second-order valence-electron chi connectivity index (χ2n) is 7.70. The van der Waals surface area contributed by atoms with Crippen molar-refractivity contribution in [2.75, 3.05) is 23.6 Å².